The van der Waals surface area contributed by atoms with E-state index in [1.165, 1.54) is 17.3 Å². The Labute approximate surface area is 171 Å². The van der Waals surface area contributed by atoms with E-state index in [4.69, 9.17) is 20.5 Å². The SMILES string of the molecule is COCCN(CCOC)c1ccc(Br)cc1N(C(N)=O)c1cnc(C#N)cn1. The highest BCUT2D eigenvalue weighted by molar-refractivity contribution is 9.10. The molecule has 0 aliphatic rings. The second kappa shape index (κ2) is 10.6. The van der Waals surface area contributed by atoms with Crippen LogP contribution in [0.5, 0.6) is 0 Å². The molecular weight excluding hydrogens is 428 g/mol. The first-order valence-corrected chi connectivity index (χ1v) is 9.15. The normalized spacial score (nSPS) is 10.4. The maximum absolute atomic E-state index is 12.3. The number of halogens is 1. The number of carbonyl (C=O) groups excluding carboxylic acids is 1. The van der Waals surface area contributed by atoms with Crippen LogP contribution in [0.25, 0.3) is 0 Å². The Balaban J connectivity index is 2.54. The molecule has 28 heavy (non-hydrogen) atoms. The zero-order valence-corrected chi connectivity index (χ0v) is 17.2. The van der Waals surface area contributed by atoms with E-state index in [2.05, 4.69) is 25.9 Å². The standard InChI is InChI=1S/C18H21BrN6O3/c1-27-7-5-24(6-8-28-2)15-4-3-13(19)9-16(15)25(18(21)26)17-12-22-14(10-20)11-23-17/h3-4,9,11-12H,5-8H2,1-2H3,(H2,21,26). The van der Waals surface area contributed by atoms with Crippen molar-refractivity contribution in [2.75, 3.05) is 50.3 Å². The predicted octanol–water partition coefficient (Wildman–Crippen LogP) is 2.43. The Morgan fingerprint density at radius 3 is 2.36 bits per heavy atom. The van der Waals surface area contributed by atoms with Crippen LogP contribution in [0.15, 0.2) is 35.1 Å². The highest BCUT2D eigenvalue weighted by Gasteiger charge is 2.23. The lowest BCUT2D eigenvalue weighted by molar-refractivity contribution is 0.190. The quantitative estimate of drug-likeness (QED) is 0.625. The number of benzene rings is 1. The molecule has 1 heterocycles. The third-order valence-corrected chi connectivity index (χ3v) is 4.35. The van der Waals surface area contributed by atoms with Crippen molar-refractivity contribution in [3.05, 3.63) is 40.8 Å². The molecule has 148 valence electrons. The number of hydrogen-bond donors (Lipinski definition) is 1. The number of hydrogen-bond acceptors (Lipinski definition) is 7. The number of amides is 2. The smallest absolute Gasteiger partial charge is 0.325 e. The number of nitrogens with two attached hydrogens (primary N) is 1. The van der Waals surface area contributed by atoms with Gasteiger partial charge in [-0.15, -0.1) is 0 Å². The molecule has 0 saturated heterocycles. The van der Waals surface area contributed by atoms with Crippen molar-refractivity contribution < 1.29 is 14.3 Å². The van der Waals surface area contributed by atoms with E-state index in [-0.39, 0.29) is 11.5 Å². The molecule has 2 amide bonds. The molecule has 1 aromatic heterocycles. The summed E-state index contributed by atoms with van der Waals surface area (Å²) < 4.78 is 11.2. The summed E-state index contributed by atoms with van der Waals surface area (Å²) in [6.07, 6.45) is 2.62. The first-order valence-electron chi connectivity index (χ1n) is 8.36. The van der Waals surface area contributed by atoms with E-state index in [0.29, 0.717) is 32.0 Å². The van der Waals surface area contributed by atoms with Crippen LogP contribution in [0, 0.1) is 11.3 Å². The van der Waals surface area contributed by atoms with Crippen LogP contribution in [-0.4, -0.2) is 56.5 Å². The van der Waals surface area contributed by atoms with E-state index in [1.807, 2.05) is 23.1 Å². The third-order valence-electron chi connectivity index (χ3n) is 3.85. The summed E-state index contributed by atoms with van der Waals surface area (Å²) in [6, 6.07) is 6.68. The third kappa shape index (κ3) is 5.39. The maximum atomic E-state index is 12.3. The van der Waals surface area contributed by atoms with Gasteiger partial charge in [0.2, 0.25) is 0 Å². The van der Waals surface area contributed by atoms with Crippen LogP contribution >= 0.6 is 15.9 Å². The van der Waals surface area contributed by atoms with Gasteiger partial charge >= 0.3 is 6.03 Å². The Kier molecular flexibility index (Phi) is 8.13. The number of ether oxygens (including phenoxy) is 2. The molecule has 0 fully saturated rings. The fourth-order valence-corrected chi connectivity index (χ4v) is 2.90. The lowest BCUT2D eigenvalue weighted by Crippen LogP contribution is -2.36. The van der Waals surface area contributed by atoms with E-state index in [1.54, 1.807) is 20.3 Å². The zero-order chi connectivity index (χ0) is 20.5. The molecule has 2 aromatic rings. The van der Waals surface area contributed by atoms with Gasteiger partial charge in [0.05, 0.1) is 37.0 Å². The average molecular weight is 449 g/mol. The molecule has 0 bridgehead atoms. The van der Waals surface area contributed by atoms with Gasteiger partial charge in [-0.1, -0.05) is 15.9 Å². The van der Waals surface area contributed by atoms with Crippen LogP contribution in [0.1, 0.15) is 5.69 Å². The Morgan fingerprint density at radius 2 is 1.86 bits per heavy atom. The Morgan fingerprint density at radius 1 is 1.18 bits per heavy atom. The van der Waals surface area contributed by atoms with Crippen LogP contribution in [0.3, 0.4) is 0 Å². The molecule has 2 N–H and O–H groups in total. The van der Waals surface area contributed by atoms with Gasteiger partial charge in [0.1, 0.15) is 6.07 Å². The second-order valence-corrected chi connectivity index (χ2v) is 6.57. The van der Waals surface area contributed by atoms with Gasteiger partial charge in [-0.05, 0) is 18.2 Å². The van der Waals surface area contributed by atoms with Gasteiger partial charge in [-0.2, -0.15) is 5.26 Å². The van der Waals surface area contributed by atoms with Gasteiger partial charge in [0.25, 0.3) is 0 Å². The molecule has 2 rings (SSSR count). The molecule has 0 spiro atoms. The minimum Gasteiger partial charge on any atom is -0.383 e. The topological polar surface area (TPSA) is 118 Å². The summed E-state index contributed by atoms with van der Waals surface area (Å²) in [5, 5.41) is 8.92. The summed E-state index contributed by atoms with van der Waals surface area (Å²) in [6.45, 7) is 2.15. The number of rotatable bonds is 9. The number of urea groups is 1. The maximum Gasteiger partial charge on any atom is 0.325 e. The number of anilines is 3. The summed E-state index contributed by atoms with van der Waals surface area (Å²) in [5.74, 6) is 0.212. The highest BCUT2D eigenvalue weighted by atomic mass is 79.9. The number of carbonyl (C=O) groups is 1. The van der Waals surface area contributed by atoms with E-state index in [9.17, 15) is 4.79 Å². The van der Waals surface area contributed by atoms with Crippen molar-refractivity contribution in [3.63, 3.8) is 0 Å². The predicted molar refractivity (Wildman–Crippen MR) is 109 cm³/mol. The van der Waals surface area contributed by atoms with Crippen LogP contribution in [-0.2, 0) is 9.47 Å². The van der Waals surface area contributed by atoms with Gasteiger partial charge in [-0.25, -0.2) is 19.7 Å². The average Bonchev–Trinajstić information content (AvgIpc) is 2.69. The molecule has 0 atom stereocenters. The molecule has 0 radical (unpaired) electrons. The number of aromatic nitrogens is 2. The van der Waals surface area contributed by atoms with Gasteiger partial charge in [-0.3, -0.25) is 0 Å². The number of methoxy groups -OCH3 is 2. The second-order valence-electron chi connectivity index (χ2n) is 5.65. The monoisotopic (exact) mass is 448 g/mol. The van der Waals surface area contributed by atoms with Gasteiger partial charge < -0.3 is 20.1 Å². The molecule has 0 saturated carbocycles. The zero-order valence-electron chi connectivity index (χ0n) is 15.6. The van der Waals surface area contributed by atoms with Crippen molar-refractivity contribution in [1.82, 2.24) is 9.97 Å². The van der Waals surface area contributed by atoms with Gasteiger partial charge in [0, 0.05) is 31.8 Å². The highest BCUT2D eigenvalue weighted by Crippen LogP contribution is 2.36. The minimum atomic E-state index is -0.725. The number of nitrogens with zero attached hydrogens (tertiary/aromatic N) is 5. The van der Waals surface area contributed by atoms with Crippen molar-refractivity contribution in [2.24, 2.45) is 5.73 Å². The summed E-state index contributed by atoms with van der Waals surface area (Å²) >= 11 is 3.44. The van der Waals surface area contributed by atoms with E-state index in [0.717, 1.165) is 10.2 Å². The lowest BCUT2D eigenvalue weighted by Gasteiger charge is -2.30. The van der Waals surface area contributed by atoms with Crippen molar-refractivity contribution >= 4 is 39.2 Å². The summed E-state index contributed by atoms with van der Waals surface area (Å²) in [7, 11) is 3.25. The van der Waals surface area contributed by atoms with Crippen LogP contribution in [0.2, 0.25) is 0 Å². The van der Waals surface area contributed by atoms with Gasteiger partial charge in [0.15, 0.2) is 11.5 Å². The summed E-state index contributed by atoms with van der Waals surface area (Å²) in [5.41, 5.74) is 7.08. The molecule has 1 aromatic carbocycles. The number of nitriles is 1. The summed E-state index contributed by atoms with van der Waals surface area (Å²) in [4.78, 5) is 23.7. The number of primary amides is 1. The Hall–Kier alpha value is -2.74. The molecule has 9 nitrogen and oxygen atoms in total. The first kappa shape index (κ1) is 21.6. The first-order chi connectivity index (χ1) is 13.5. The van der Waals surface area contributed by atoms with Crippen molar-refractivity contribution in [2.45, 2.75) is 0 Å². The molecule has 0 aliphatic carbocycles. The fraction of sp³-hybridized carbons (Fsp3) is 0.333. The van der Waals surface area contributed by atoms with E-state index < -0.39 is 6.03 Å². The minimum absolute atomic E-state index is 0.143. The molecule has 0 aliphatic heterocycles. The van der Waals surface area contributed by atoms with Crippen molar-refractivity contribution in [3.8, 4) is 6.07 Å². The molecular formula is C18H21BrN6O3. The lowest BCUT2D eigenvalue weighted by atomic mass is 10.2. The van der Waals surface area contributed by atoms with Crippen molar-refractivity contribution in [1.29, 1.82) is 5.26 Å². The molecule has 10 heteroatoms. The van der Waals surface area contributed by atoms with Crippen LogP contribution < -0.4 is 15.5 Å². The largest absolute Gasteiger partial charge is 0.383 e. The molecule has 0 unspecified atom stereocenters. The van der Waals surface area contributed by atoms with E-state index >= 15 is 0 Å². The Bertz CT molecular complexity index is 832. The van der Waals surface area contributed by atoms with Crippen LogP contribution in [0.4, 0.5) is 22.0 Å². The fourth-order valence-electron chi connectivity index (χ4n) is 2.55.